The molecule has 4 rings (SSSR count). The Morgan fingerprint density at radius 3 is 2.74 bits per heavy atom. The first kappa shape index (κ1) is 17.4. The van der Waals surface area contributed by atoms with E-state index in [0.717, 1.165) is 12.1 Å². The summed E-state index contributed by atoms with van der Waals surface area (Å²) in [7, 11) is 0. The summed E-state index contributed by atoms with van der Waals surface area (Å²) in [5.41, 5.74) is 2.19. The molecular formula is C20H21N5O2. The number of amides is 1. The molecular weight excluding hydrogens is 342 g/mol. The van der Waals surface area contributed by atoms with Gasteiger partial charge in [0.05, 0.1) is 11.4 Å². The van der Waals surface area contributed by atoms with Gasteiger partial charge < -0.3 is 5.32 Å². The van der Waals surface area contributed by atoms with Crippen LogP contribution in [0, 0.1) is 0 Å². The second kappa shape index (κ2) is 7.67. The molecule has 0 spiro atoms. The van der Waals surface area contributed by atoms with Gasteiger partial charge in [0.25, 0.3) is 5.56 Å². The summed E-state index contributed by atoms with van der Waals surface area (Å²) in [5, 5.41) is 3.01. The molecule has 1 atom stereocenters. The lowest BCUT2D eigenvalue weighted by Crippen LogP contribution is -2.38. The van der Waals surface area contributed by atoms with Gasteiger partial charge in [0.1, 0.15) is 5.65 Å². The number of carbonyl (C=O) groups is 1. The first-order valence-electron chi connectivity index (χ1n) is 9.06. The fourth-order valence-corrected chi connectivity index (χ4v) is 3.44. The van der Waals surface area contributed by atoms with Crippen LogP contribution in [0.25, 0.3) is 5.65 Å². The van der Waals surface area contributed by atoms with Crippen LogP contribution in [0.4, 0.5) is 0 Å². The molecule has 7 nitrogen and oxygen atoms in total. The van der Waals surface area contributed by atoms with Crippen LogP contribution >= 0.6 is 0 Å². The van der Waals surface area contributed by atoms with E-state index in [1.165, 1.54) is 4.40 Å². The SMILES string of the molecule is O=C1CC[C@@H](CN(Cc2ccccn2)Cc2cc(=O)n3ccccc3n2)N1. The zero-order chi connectivity index (χ0) is 18.6. The second-order valence-electron chi connectivity index (χ2n) is 6.81. The lowest BCUT2D eigenvalue weighted by Gasteiger charge is -2.25. The number of rotatable bonds is 6. The first-order valence-corrected chi connectivity index (χ1v) is 9.06. The minimum atomic E-state index is -0.0949. The van der Waals surface area contributed by atoms with E-state index in [9.17, 15) is 9.59 Å². The number of carbonyl (C=O) groups excluding carboxylic acids is 1. The highest BCUT2D eigenvalue weighted by Gasteiger charge is 2.23. The smallest absolute Gasteiger partial charge is 0.258 e. The van der Waals surface area contributed by atoms with Crippen molar-refractivity contribution in [1.82, 2.24) is 24.6 Å². The van der Waals surface area contributed by atoms with Gasteiger partial charge in [-0.3, -0.25) is 23.9 Å². The molecule has 1 aliphatic rings. The zero-order valence-electron chi connectivity index (χ0n) is 14.9. The topological polar surface area (TPSA) is 79.6 Å². The Labute approximate surface area is 156 Å². The molecule has 0 saturated carbocycles. The van der Waals surface area contributed by atoms with Crippen LogP contribution in [0.2, 0.25) is 0 Å². The van der Waals surface area contributed by atoms with E-state index in [1.807, 2.05) is 36.4 Å². The predicted octanol–water partition coefficient (Wildman–Crippen LogP) is 1.37. The maximum Gasteiger partial charge on any atom is 0.258 e. The fraction of sp³-hybridized carbons (Fsp3) is 0.300. The highest BCUT2D eigenvalue weighted by molar-refractivity contribution is 5.78. The van der Waals surface area contributed by atoms with Crippen LogP contribution in [-0.4, -0.2) is 37.8 Å². The van der Waals surface area contributed by atoms with Crippen molar-refractivity contribution in [3.05, 3.63) is 76.6 Å². The molecule has 1 saturated heterocycles. The molecule has 3 aromatic rings. The number of fused-ring (bicyclic) bond motifs is 1. The van der Waals surface area contributed by atoms with Crippen LogP contribution in [0.5, 0.6) is 0 Å². The summed E-state index contributed by atoms with van der Waals surface area (Å²) < 4.78 is 1.53. The molecule has 1 amide bonds. The Bertz CT molecular complexity index is 1000. The molecule has 3 aromatic heterocycles. The Morgan fingerprint density at radius 1 is 1.11 bits per heavy atom. The normalized spacial score (nSPS) is 16.8. The third kappa shape index (κ3) is 4.20. The molecule has 0 aromatic carbocycles. The van der Waals surface area contributed by atoms with Crippen LogP contribution in [0.15, 0.2) is 59.7 Å². The van der Waals surface area contributed by atoms with Crippen molar-refractivity contribution in [2.24, 2.45) is 0 Å². The Kier molecular flexibility index (Phi) is 4.93. The minimum absolute atomic E-state index is 0.0949. The summed E-state index contributed by atoms with van der Waals surface area (Å²) in [4.78, 5) is 35.1. The standard InChI is InChI=1S/C20H21N5O2/c26-19-8-7-16(23-19)13-24(12-15-5-1-3-9-21-15)14-17-11-20(27)25-10-4-2-6-18(25)22-17/h1-6,9-11,16H,7-8,12-14H2,(H,23,26)/t16-/m0/s1. The maximum atomic E-state index is 12.4. The van der Waals surface area contributed by atoms with Gasteiger partial charge in [-0.15, -0.1) is 0 Å². The monoisotopic (exact) mass is 363 g/mol. The Morgan fingerprint density at radius 2 is 1.96 bits per heavy atom. The van der Waals surface area contributed by atoms with Gasteiger partial charge >= 0.3 is 0 Å². The number of hydrogen-bond donors (Lipinski definition) is 1. The van der Waals surface area contributed by atoms with Crippen LogP contribution in [-0.2, 0) is 17.9 Å². The summed E-state index contributed by atoms with van der Waals surface area (Å²) in [6.45, 7) is 1.84. The zero-order valence-corrected chi connectivity index (χ0v) is 14.9. The van der Waals surface area contributed by atoms with Gasteiger partial charge in [-0.25, -0.2) is 4.98 Å². The van der Waals surface area contributed by atoms with Crippen molar-refractivity contribution in [2.45, 2.75) is 32.0 Å². The molecule has 0 aliphatic carbocycles. The number of nitrogens with zero attached hydrogens (tertiary/aromatic N) is 4. The molecule has 0 unspecified atom stereocenters. The quantitative estimate of drug-likeness (QED) is 0.716. The summed E-state index contributed by atoms with van der Waals surface area (Å²) in [5.74, 6) is 0.0971. The average Bonchev–Trinajstić information content (AvgIpc) is 3.07. The number of hydrogen-bond acceptors (Lipinski definition) is 5. The molecule has 1 N–H and O–H groups in total. The molecule has 1 fully saturated rings. The maximum absolute atomic E-state index is 12.4. The van der Waals surface area contributed by atoms with Crippen molar-refractivity contribution in [1.29, 1.82) is 0 Å². The Hall–Kier alpha value is -3.06. The lowest BCUT2D eigenvalue weighted by molar-refractivity contribution is -0.119. The van der Waals surface area contributed by atoms with E-state index in [1.54, 1.807) is 18.5 Å². The average molecular weight is 363 g/mol. The summed E-state index contributed by atoms with van der Waals surface area (Å²) in [6, 6.07) is 13.0. The van der Waals surface area contributed by atoms with Crippen molar-refractivity contribution in [3.8, 4) is 0 Å². The van der Waals surface area contributed by atoms with E-state index in [-0.39, 0.29) is 17.5 Å². The van der Waals surface area contributed by atoms with Crippen molar-refractivity contribution in [3.63, 3.8) is 0 Å². The number of pyridine rings is 2. The van der Waals surface area contributed by atoms with Crippen LogP contribution in [0.1, 0.15) is 24.2 Å². The molecule has 0 bridgehead atoms. The number of aromatic nitrogens is 3. The van der Waals surface area contributed by atoms with Gasteiger partial charge in [-0.05, 0) is 30.7 Å². The van der Waals surface area contributed by atoms with Gasteiger partial charge in [-0.1, -0.05) is 12.1 Å². The lowest BCUT2D eigenvalue weighted by atomic mass is 10.2. The van der Waals surface area contributed by atoms with E-state index >= 15 is 0 Å². The largest absolute Gasteiger partial charge is 0.352 e. The predicted molar refractivity (Wildman–Crippen MR) is 101 cm³/mol. The molecule has 138 valence electrons. The second-order valence-corrected chi connectivity index (χ2v) is 6.81. The molecule has 1 aliphatic heterocycles. The van der Waals surface area contributed by atoms with Crippen molar-refractivity contribution < 1.29 is 4.79 Å². The third-order valence-corrected chi connectivity index (χ3v) is 4.68. The highest BCUT2D eigenvalue weighted by atomic mass is 16.2. The highest BCUT2D eigenvalue weighted by Crippen LogP contribution is 2.13. The summed E-state index contributed by atoms with van der Waals surface area (Å²) in [6.07, 6.45) is 4.88. The van der Waals surface area contributed by atoms with Gasteiger partial charge in [0.2, 0.25) is 5.91 Å². The molecule has 4 heterocycles. The Balaban J connectivity index is 1.58. The fourth-order valence-electron chi connectivity index (χ4n) is 3.44. The van der Waals surface area contributed by atoms with Crippen molar-refractivity contribution >= 4 is 11.6 Å². The third-order valence-electron chi connectivity index (χ3n) is 4.68. The summed E-state index contributed by atoms with van der Waals surface area (Å²) >= 11 is 0. The molecule has 0 radical (unpaired) electrons. The van der Waals surface area contributed by atoms with E-state index in [4.69, 9.17) is 0 Å². The minimum Gasteiger partial charge on any atom is -0.352 e. The number of nitrogens with one attached hydrogen (secondary N) is 1. The van der Waals surface area contributed by atoms with E-state index in [0.29, 0.717) is 37.4 Å². The van der Waals surface area contributed by atoms with Crippen LogP contribution in [0.3, 0.4) is 0 Å². The van der Waals surface area contributed by atoms with E-state index in [2.05, 4.69) is 20.2 Å². The van der Waals surface area contributed by atoms with Crippen LogP contribution < -0.4 is 10.9 Å². The van der Waals surface area contributed by atoms with Gasteiger partial charge in [0.15, 0.2) is 0 Å². The van der Waals surface area contributed by atoms with Gasteiger partial charge in [-0.2, -0.15) is 0 Å². The molecule has 7 heteroatoms. The first-order chi connectivity index (χ1) is 13.2. The van der Waals surface area contributed by atoms with Crippen molar-refractivity contribution in [2.75, 3.05) is 6.54 Å². The van der Waals surface area contributed by atoms with E-state index < -0.39 is 0 Å². The van der Waals surface area contributed by atoms with Gasteiger partial charge in [0, 0.05) is 50.6 Å². The molecule has 27 heavy (non-hydrogen) atoms.